The fraction of sp³-hybridized carbons (Fsp3) is 0.300. The van der Waals surface area contributed by atoms with E-state index >= 15 is 0 Å². The van der Waals surface area contributed by atoms with E-state index in [1.807, 2.05) is 0 Å². The maximum Gasteiger partial charge on any atom is 0.0141 e. The number of allylic oxidation sites excluding steroid dienone is 2. The summed E-state index contributed by atoms with van der Waals surface area (Å²) in [6.07, 6.45) is 8.77. The number of hydrogen-bond donors (Lipinski definition) is 0. The summed E-state index contributed by atoms with van der Waals surface area (Å²) in [6, 6.07) is 21.2. The average molecular weight is 299 g/mol. The second-order valence-electron chi connectivity index (χ2n) is 5.37. The molecule has 2 aromatic rings. The Morgan fingerprint density at radius 3 is 1.86 bits per heavy atom. The molecule has 2 rings (SSSR count). The molecular weight excluding hydrogens is 276 g/mol. The van der Waals surface area contributed by atoms with Crippen molar-refractivity contribution in [1.29, 1.82) is 0 Å². The quantitative estimate of drug-likeness (QED) is 0.512. The molecule has 0 nitrogen and oxygen atoms in total. The molecule has 0 saturated heterocycles. The van der Waals surface area contributed by atoms with Crippen LogP contribution in [-0.4, -0.2) is 0 Å². The lowest BCUT2D eigenvalue weighted by molar-refractivity contribution is 0.811. The molecule has 0 unspecified atom stereocenters. The van der Waals surface area contributed by atoms with Gasteiger partial charge in [0.15, 0.2) is 0 Å². The molecular formula is C20H23Cl. The van der Waals surface area contributed by atoms with Crippen LogP contribution in [0.1, 0.15) is 36.8 Å². The molecule has 0 amide bonds. The van der Waals surface area contributed by atoms with Crippen molar-refractivity contribution in [2.45, 2.75) is 38.5 Å². The minimum Gasteiger partial charge on any atom is -0.0895 e. The van der Waals surface area contributed by atoms with Crippen LogP contribution in [0.5, 0.6) is 0 Å². The highest BCUT2D eigenvalue weighted by atomic mass is 35.5. The Morgan fingerprint density at radius 2 is 1.29 bits per heavy atom. The van der Waals surface area contributed by atoms with Crippen molar-refractivity contribution in [3.63, 3.8) is 0 Å². The van der Waals surface area contributed by atoms with Crippen molar-refractivity contribution >= 4 is 11.6 Å². The molecule has 0 aliphatic heterocycles. The summed E-state index contributed by atoms with van der Waals surface area (Å²) in [7, 11) is 0. The molecule has 110 valence electrons. The van der Waals surface area contributed by atoms with Gasteiger partial charge in [0.2, 0.25) is 0 Å². The third-order valence-electron chi connectivity index (χ3n) is 3.60. The van der Waals surface area contributed by atoms with Gasteiger partial charge in [-0.15, -0.1) is 0 Å². The van der Waals surface area contributed by atoms with Gasteiger partial charge in [-0.25, -0.2) is 0 Å². The minimum absolute atomic E-state index is 0.988. The molecule has 0 spiro atoms. The zero-order valence-electron chi connectivity index (χ0n) is 12.5. The first-order valence-electron chi connectivity index (χ1n) is 7.77. The molecule has 2 aromatic carbocycles. The van der Waals surface area contributed by atoms with Gasteiger partial charge in [-0.1, -0.05) is 78.3 Å². The molecule has 1 heteroatoms. The summed E-state index contributed by atoms with van der Waals surface area (Å²) in [4.78, 5) is 0. The highest BCUT2D eigenvalue weighted by Gasteiger charge is 1.96. The van der Waals surface area contributed by atoms with Crippen LogP contribution in [0.4, 0.5) is 0 Å². The topological polar surface area (TPSA) is 0 Å². The number of unbranched alkanes of at least 4 members (excludes halogenated alkanes) is 1. The number of halogens is 1. The van der Waals surface area contributed by atoms with Crippen LogP contribution in [0.15, 0.2) is 71.8 Å². The van der Waals surface area contributed by atoms with Crippen LogP contribution in [0.3, 0.4) is 0 Å². The van der Waals surface area contributed by atoms with Gasteiger partial charge < -0.3 is 0 Å². The Kier molecular flexibility index (Phi) is 7.11. The highest BCUT2D eigenvalue weighted by molar-refractivity contribution is 6.29. The molecule has 0 aliphatic rings. The largest absolute Gasteiger partial charge is 0.0895 e. The summed E-state index contributed by atoms with van der Waals surface area (Å²) < 4.78 is 0. The molecule has 0 heterocycles. The lowest BCUT2D eigenvalue weighted by Crippen LogP contribution is -1.86. The monoisotopic (exact) mass is 298 g/mol. The predicted octanol–water partition coefficient (Wildman–Crippen LogP) is 6.15. The first-order valence-corrected chi connectivity index (χ1v) is 8.15. The van der Waals surface area contributed by atoms with Gasteiger partial charge in [0, 0.05) is 5.03 Å². The molecule has 0 N–H and O–H groups in total. The smallest absolute Gasteiger partial charge is 0.0141 e. The Labute approximate surface area is 133 Å². The average Bonchev–Trinajstić information content (AvgIpc) is 2.54. The SMILES string of the molecule is Cl/C(=C\CCCc1ccccc1)CCCc1ccccc1. The second-order valence-corrected chi connectivity index (χ2v) is 5.85. The molecule has 0 radical (unpaired) electrons. The summed E-state index contributed by atoms with van der Waals surface area (Å²) in [5.41, 5.74) is 2.80. The lowest BCUT2D eigenvalue weighted by atomic mass is 10.1. The van der Waals surface area contributed by atoms with Crippen LogP contribution < -0.4 is 0 Å². The van der Waals surface area contributed by atoms with E-state index in [0.717, 1.165) is 37.1 Å². The van der Waals surface area contributed by atoms with Gasteiger partial charge in [-0.05, 0) is 49.7 Å². The number of aryl methyl sites for hydroxylation is 2. The van der Waals surface area contributed by atoms with Crippen molar-refractivity contribution in [2.75, 3.05) is 0 Å². The van der Waals surface area contributed by atoms with Gasteiger partial charge in [0.25, 0.3) is 0 Å². The van der Waals surface area contributed by atoms with Crippen LogP contribution in [0, 0.1) is 0 Å². The van der Waals surface area contributed by atoms with Crippen LogP contribution in [0.2, 0.25) is 0 Å². The molecule has 0 atom stereocenters. The van der Waals surface area contributed by atoms with E-state index in [1.54, 1.807) is 0 Å². The standard InChI is InChI=1S/C20H23Cl/c21-20(17-9-15-19-12-5-2-6-13-19)16-8-7-14-18-10-3-1-4-11-18/h1-6,10-13,16H,7-9,14-15,17H2/b20-16-. The van der Waals surface area contributed by atoms with Crippen molar-refractivity contribution in [1.82, 2.24) is 0 Å². The van der Waals surface area contributed by atoms with Gasteiger partial charge >= 0.3 is 0 Å². The zero-order valence-corrected chi connectivity index (χ0v) is 13.2. The highest BCUT2D eigenvalue weighted by Crippen LogP contribution is 2.15. The molecule has 0 aliphatic carbocycles. The predicted molar refractivity (Wildman–Crippen MR) is 92.7 cm³/mol. The summed E-state index contributed by atoms with van der Waals surface area (Å²) in [5, 5.41) is 1.01. The first kappa shape index (κ1) is 15.9. The summed E-state index contributed by atoms with van der Waals surface area (Å²) >= 11 is 6.29. The Bertz CT molecular complexity index is 528. The van der Waals surface area contributed by atoms with Crippen molar-refractivity contribution in [3.8, 4) is 0 Å². The van der Waals surface area contributed by atoms with Crippen molar-refractivity contribution < 1.29 is 0 Å². The Morgan fingerprint density at radius 1 is 0.762 bits per heavy atom. The lowest BCUT2D eigenvalue weighted by Gasteiger charge is -2.02. The maximum atomic E-state index is 6.29. The third-order valence-corrected chi connectivity index (χ3v) is 3.95. The van der Waals surface area contributed by atoms with Crippen molar-refractivity contribution in [3.05, 3.63) is 82.9 Å². The van der Waals surface area contributed by atoms with Gasteiger partial charge in [0.05, 0.1) is 0 Å². The van der Waals surface area contributed by atoms with E-state index in [2.05, 4.69) is 66.7 Å². The molecule has 0 aromatic heterocycles. The molecule has 21 heavy (non-hydrogen) atoms. The molecule has 0 fully saturated rings. The van der Waals surface area contributed by atoms with E-state index in [9.17, 15) is 0 Å². The van der Waals surface area contributed by atoms with Gasteiger partial charge in [0.1, 0.15) is 0 Å². The minimum atomic E-state index is 0.988. The van der Waals surface area contributed by atoms with Crippen LogP contribution in [0.25, 0.3) is 0 Å². The second kappa shape index (κ2) is 9.41. The van der Waals surface area contributed by atoms with Crippen LogP contribution in [-0.2, 0) is 12.8 Å². The fourth-order valence-electron chi connectivity index (χ4n) is 2.42. The fourth-order valence-corrected chi connectivity index (χ4v) is 2.66. The number of rotatable bonds is 8. The first-order chi connectivity index (χ1) is 10.3. The van der Waals surface area contributed by atoms with Gasteiger partial charge in [-0.2, -0.15) is 0 Å². The Hall–Kier alpha value is -1.53. The van der Waals surface area contributed by atoms with E-state index in [0.29, 0.717) is 0 Å². The maximum absolute atomic E-state index is 6.29. The third kappa shape index (κ3) is 6.64. The Balaban J connectivity index is 1.61. The number of benzene rings is 2. The summed E-state index contributed by atoms with van der Waals surface area (Å²) in [5.74, 6) is 0. The zero-order chi connectivity index (χ0) is 14.8. The van der Waals surface area contributed by atoms with E-state index in [4.69, 9.17) is 11.6 Å². The van der Waals surface area contributed by atoms with Gasteiger partial charge in [-0.3, -0.25) is 0 Å². The number of hydrogen-bond acceptors (Lipinski definition) is 0. The summed E-state index contributed by atoms with van der Waals surface area (Å²) in [6.45, 7) is 0. The van der Waals surface area contributed by atoms with E-state index < -0.39 is 0 Å². The van der Waals surface area contributed by atoms with Crippen molar-refractivity contribution in [2.24, 2.45) is 0 Å². The van der Waals surface area contributed by atoms with Crippen LogP contribution >= 0.6 is 11.6 Å². The molecule has 0 saturated carbocycles. The van der Waals surface area contributed by atoms with E-state index in [1.165, 1.54) is 17.5 Å². The normalized spacial score (nSPS) is 11.6. The molecule has 0 bridgehead atoms. The van der Waals surface area contributed by atoms with E-state index in [-0.39, 0.29) is 0 Å².